The van der Waals surface area contributed by atoms with Crippen molar-refractivity contribution in [2.45, 2.75) is 6.42 Å². The molecule has 0 aliphatic heterocycles. The second-order valence-electron chi connectivity index (χ2n) is 6.30. The number of nitrogens with zero attached hydrogens (tertiary/aromatic N) is 3. The zero-order valence-corrected chi connectivity index (χ0v) is 13.9. The second kappa shape index (κ2) is 5.93. The first-order valence-electron chi connectivity index (χ1n) is 8.08. The van der Waals surface area contributed by atoms with E-state index >= 15 is 0 Å². The Balaban J connectivity index is 1.58. The summed E-state index contributed by atoms with van der Waals surface area (Å²) in [4.78, 5) is 10.7. The topological polar surface area (TPSA) is 29.0 Å². The molecular formula is C21H19N3. The molecule has 0 saturated carbocycles. The SMILES string of the molecule is CN(C)c1ccc(-c2ccc(C3=Cc4ccncc4C3)cc2)cn1. The Morgan fingerprint density at radius 2 is 1.58 bits per heavy atom. The Labute approximate surface area is 142 Å². The summed E-state index contributed by atoms with van der Waals surface area (Å²) >= 11 is 0. The van der Waals surface area contributed by atoms with E-state index in [-0.39, 0.29) is 0 Å². The molecule has 24 heavy (non-hydrogen) atoms. The number of aromatic nitrogens is 2. The fourth-order valence-electron chi connectivity index (χ4n) is 3.05. The molecule has 3 aromatic rings. The van der Waals surface area contributed by atoms with Crippen LogP contribution in [0.2, 0.25) is 0 Å². The van der Waals surface area contributed by atoms with E-state index in [0.717, 1.165) is 17.8 Å². The number of hydrogen-bond acceptors (Lipinski definition) is 3. The Bertz CT molecular complexity index is 891. The summed E-state index contributed by atoms with van der Waals surface area (Å²) in [5.74, 6) is 0.970. The molecule has 3 heteroatoms. The molecule has 3 nitrogen and oxygen atoms in total. The lowest BCUT2D eigenvalue weighted by Crippen LogP contribution is -2.09. The molecule has 0 N–H and O–H groups in total. The Morgan fingerprint density at radius 1 is 0.833 bits per heavy atom. The van der Waals surface area contributed by atoms with E-state index in [4.69, 9.17) is 0 Å². The maximum absolute atomic E-state index is 4.49. The van der Waals surface area contributed by atoms with Crippen LogP contribution < -0.4 is 4.90 Å². The van der Waals surface area contributed by atoms with Gasteiger partial charge in [-0.25, -0.2) is 4.98 Å². The van der Waals surface area contributed by atoms with E-state index in [2.05, 4.69) is 52.4 Å². The van der Waals surface area contributed by atoms with Gasteiger partial charge in [-0.1, -0.05) is 30.3 Å². The average Bonchev–Trinajstić information content (AvgIpc) is 3.06. The molecule has 1 aliphatic carbocycles. The summed E-state index contributed by atoms with van der Waals surface area (Å²) in [6, 6.07) is 15.0. The van der Waals surface area contributed by atoms with Gasteiger partial charge in [0.25, 0.3) is 0 Å². The molecule has 0 atom stereocenters. The van der Waals surface area contributed by atoms with E-state index in [1.807, 2.05) is 43.7 Å². The van der Waals surface area contributed by atoms with E-state index < -0.39 is 0 Å². The number of benzene rings is 1. The van der Waals surface area contributed by atoms with Crippen molar-refractivity contribution in [2.24, 2.45) is 0 Å². The Kier molecular flexibility index (Phi) is 3.62. The average molecular weight is 313 g/mol. The summed E-state index contributed by atoms with van der Waals surface area (Å²) in [7, 11) is 4.00. The van der Waals surface area contributed by atoms with Crippen LogP contribution in [0.1, 0.15) is 16.7 Å². The predicted molar refractivity (Wildman–Crippen MR) is 99.8 cm³/mol. The summed E-state index contributed by atoms with van der Waals surface area (Å²) < 4.78 is 0. The molecule has 118 valence electrons. The van der Waals surface area contributed by atoms with Gasteiger partial charge in [0.2, 0.25) is 0 Å². The van der Waals surface area contributed by atoms with Crippen LogP contribution in [0.3, 0.4) is 0 Å². The first-order valence-corrected chi connectivity index (χ1v) is 8.08. The van der Waals surface area contributed by atoms with E-state index in [1.165, 1.54) is 27.8 Å². The number of pyridine rings is 2. The summed E-state index contributed by atoms with van der Waals surface area (Å²) in [6.45, 7) is 0. The number of allylic oxidation sites excluding steroid dienone is 1. The van der Waals surface area contributed by atoms with Gasteiger partial charge in [0.15, 0.2) is 0 Å². The van der Waals surface area contributed by atoms with E-state index in [1.54, 1.807) is 0 Å². The fraction of sp³-hybridized carbons (Fsp3) is 0.143. The van der Waals surface area contributed by atoms with Gasteiger partial charge < -0.3 is 4.90 Å². The fourth-order valence-corrected chi connectivity index (χ4v) is 3.05. The smallest absolute Gasteiger partial charge is 0.127 e. The van der Waals surface area contributed by atoms with Crippen molar-refractivity contribution >= 4 is 17.5 Å². The predicted octanol–water partition coefficient (Wildman–Crippen LogP) is 4.31. The van der Waals surface area contributed by atoms with Crippen LogP contribution in [0.4, 0.5) is 5.82 Å². The molecule has 0 unspecified atom stereocenters. The lowest BCUT2D eigenvalue weighted by atomic mass is 10.0. The van der Waals surface area contributed by atoms with Gasteiger partial charge in [-0.05, 0) is 46.0 Å². The lowest BCUT2D eigenvalue weighted by Gasteiger charge is -2.11. The van der Waals surface area contributed by atoms with Gasteiger partial charge in [-0.3, -0.25) is 4.98 Å². The van der Waals surface area contributed by atoms with Crippen LogP contribution in [0, 0.1) is 0 Å². The van der Waals surface area contributed by atoms with Gasteiger partial charge in [0.05, 0.1) is 0 Å². The van der Waals surface area contributed by atoms with Gasteiger partial charge in [0.1, 0.15) is 5.82 Å². The third-order valence-corrected chi connectivity index (χ3v) is 4.45. The minimum atomic E-state index is 0.960. The highest BCUT2D eigenvalue weighted by Crippen LogP contribution is 2.32. The highest BCUT2D eigenvalue weighted by atomic mass is 15.1. The number of anilines is 1. The van der Waals surface area contributed by atoms with Crippen molar-refractivity contribution in [3.05, 3.63) is 77.7 Å². The molecule has 1 aromatic carbocycles. The zero-order chi connectivity index (χ0) is 16.5. The maximum atomic E-state index is 4.49. The minimum Gasteiger partial charge on any atom is -0.363 e. The van der Waals surface area contributed by atoms with Crippen molar-refractivity contribution in [3.8, 4) is 11.1 Å². The van der Waals surface area contributed by atoms with Gasteiger partial charge >= 0.3 is 0 Å². The van der Waals surface area contributed by atoms with Crippen molar-refractivity contribution in [2.75, 3.05) is 19.0 Å². The van der Waals surface area contributed by atoms with Crippen LogP contribution in [0.5, 0.6) is 0 Å². The zero-order valence-electron chi connectivity index (χ0n) is 13.9. The largest absolute Gasteiger partial charge is 0.363 e. The molecule has 0 radical (unpaired) electrons. The summed E-state index contributed by atoms with van der Waals surface area (Å²) in [5, 5.41) is 0. The minimum absolute atomic E-state index is 0.960. The van der Waals surface area contributed by atoms with Crippen molar-refractivity contribution < 1.29 is 0 Å². The summed E-state index contributed by atoms with van der Waals surface area (Å²) in [6.07, 6.45) is 8.97. The van der Waals surface area contributed by atoms with Crippen LogP contribution in [-0.2, 0) is 6.42 Å². The van der Waals surface area contributed by atoms with Crippen LogP contribution in [-0.4, -0.2) is 24.1 Å². The van der Waals surface area contributed by atoms with Crippen molar-refractivity contribution in [1.29, 1.82) is 0 Å². The van der Waals surface area contributed by atoms with Gasteiger partial charge in [-0.15, -0.1) is 0 Å². The lowest BCUT2D eigenvalue weighted by molar-refractivity contribution is 1.07. The first kappa shape index (κ1) is 14.6. The van der Waals surface area contributed by atoms with Gasteiger partial charge in [-0.2, -0.15) is 0 Å². The number of hydrogen-bond donors (Lipinski definition) is 0. The van der Waals surface area contributed by atoms with Crippen molar-refractivity contribution in [1.82, 2.24) is 9.97 Å². The third kappa shape index (κ3) is 2.69. The molecule has 4 rings (SSSR count). The Morgan fingerprint density at radius 3 is 2.25 bits per heavy atom. The summed E-state index contributed by atoms with van der Waals surface area (Å²) in [5.41, 5.74) is 7.54. The van der Waals surface area contributed by atoms with Crippen molar-refractivity contribution in [3.63, 3.8) is 0 Å². The molecule has 2 heterocycles. The monoisotopic (exact) mass is 313 g/mol. The number of rotatable bonds is 3. The van der Waals surface area contributed by atoms with E-state index in [9.17, 15) is 0 Å². The molecule has 1 aliphatic rings. The second-order valence-corrected chi connectivity index (χ2v) is 6.30. The molecule has 2 aromatic heterocycles. The maximum Gasteiger partial charge on any atom is 0.127 e. The molecule has 0 amide bonds. The molecular weight excluding hydrogens is 294 g/mol. The highest BCUT2D eigenvalue weighted by molar-refractivity contribution is 5.88. The van der Waals surface area contributed by atoms with Gasteiger partial charge in [0, 0.05) is 44.7 Å². The Hall–Kier alpha value is -2.94. The quantitative estimate of drug-likeness (QED) is 0.721. The normalized spacial score (nSPS) is 12.7. The third-order valence-electron chi connectivity index (χ3n) is 4.45. The highest BCUT2D eigenvalue weighted by Gasteiger charge is 2.13. The first-order chi connectivity index (χ1) is 11.7. The van der Waals surface area contributed by atoms with Crippen LogP contribution >= 0.6 is 0 Å². The van der Waals surface area contributed by atoms with E-state index in [0.29, 0.717) is 0 Å². The number of fused-ring (bicyclic) bond motifs is 1. The molecule has 0 fully saturated rings. The standard InChI is InChI=1S/C21H19N3/c1-24(2)21-8-7-18(14-23-21)15-3-5-16(6-4-15)19-11-17-9-10-22-13-20(17)12-19/h3-11,13-14H,12H2,1-2H3. The van der Waals surface area contributed by atoms with Crippen LogP contribution in [0.15, 0.2) is 61.1 Å². The molecule has 0 saturated heterocycles. The molecule has 0 bridgehead atoms. The molecule has 0 spiro atoms. The van der Waals surface area contributed by atoms with Crippen LogP contribution in [0.25, 0.3) is 22.8 Å².